The predicted octanol–water partition coefficient (Wildman–Crippen LogP) is 2.26. The number of hydrogen-bond donors (Lipinski definition) is 0. The Kier molecular flexibility index (Phi) is 3.70. The van der Waals surface area contributed by atoms with Crippen molar-refractivity contribution in [2.75, 3.05) is 0 Å². The van der Waals surface area contributed by atoms with E-state index < -0.39 is 29.3 Å². The van der Waals surface area contributed by atoms with Crippen LogP contribution in [-0.4, -0.2) is 16.3 Å². The van der Waals surface area contributed by atoms with Crippen LogP contribution in [0.15, 0.2) is 6.20 Å². The van der Waals surface area contributed by atoms with Crippen molar-refractivity contribution in [3.8, 4) is 11.8 Å². The smallest absolute Gasteiger partial charge is 0.401 e. The Morgan fingerprint density at radius 2 is 2.22 bits per heavy atom. The first-order chi connectivity index (χ1) is 8.26. The number of ether oxygens (including phenoxy) is 1. The van der Waals surface area contributed by atoms with E-state index in [1.165, 1.54) is 6.92 Å². The van der Waals surface area contributed by atoms with Gasteiger partial charge in [0.25, 0.3) is 0 Å². The van der Waals surface area contributed by atoms with Gasteiger partial charge in [0.15, 0.2) is 11.9 Å². The van der Waals surface area contributed by atoms with Crippen molar-refractivity contribution in [2.24, 2.45) is 0 Å². The summed E-state index contributed by atoms with van der Waals surface area (Å²) in [6.45, 7) is 1.20. The summed E-state index contributed by atoms with van der Waals surface area (Å²) in [6, 6.07) is 1.63. The Bertz CT molecular complexity index is 522. The van der Waals surface area contributed by atoms with Crippen LogP contribution < -0.4 is 4.74 Å². The summed E-state index contributed by atoms with van der Waals surface area (Å²) in [5, 5.41) is 19.1. The van der Waals surface area contributed by atoms with Crippen molar-refractivity contribution in [2.45, 2.75) is 19.7 Å². The lowest BCUT2D eigenvalue weighted by Crippen LogP contribution is -2.18. The minimum Gasteiger partial charge on any atom is -0.401 e. The molecule has 0 aromatic carbocycles. The van der Waals surface area contributed by atoms with E-state index >= 15 is 0 Å². The first kappa shape index (κ1) is 13.7. The Balaban J connectivity index is 3.31. The number of nitriles is 1. The fourth-order valence-corrected chi connectivity index (χ4v) is 1.29. The summed E-state index contributed by atoms with van der Waals surface area (Å²) in [6.07, 6.45) is -4.74. The molecule has 18 heavy (non-hydrogen) atoms. The molecule has 6 nitrogen and oxygen atoms in total. The number of pyridine rings is 1. The Morgan fingerprint density at radius 1 is 1.61 bits per heavy atom. The quantitative estimate of drug-likeness (QED) is 0.615. The molecule has 0 aliphatic heterocycles. The van der Waals surface area contributed by atoms with Crippen molar-refractivity contribution >= 4 is 5.82 Å². The van der Waals surface area contributed by atoms with Gasteiger partial charge in [-0.25, -0.2) is 0 Å². The van der Waals surface area contributed by atoms with Gasteiger partial charge in [0.1, 0.15) is 0 Å². The number of hydrogen-bond acceptors (Lipinski definition) is 5. The summed E-state index contributed by atoms with van der Waals surface area (Å²) < 4.78 is 39.8. The predicted molar refractivity (Wildman–Crippen MR) is 51.6 cm³/mol. The molecule has 0 radical (unpaired) electrons. The molecule has 1 heterocycles. The maximum absolute atomic E-state index is 12.0. The minimum absolute atomic E-state index is 0.129. The van der Waals surface area contributed by atoms with E-state index in [0.717, 1.165) is 0 Å². The van der Waals surface area contributed by atoms with Crippen LogP contribution in [0.25, 0.3) is 0 Å². The van der Waals surface area contributed by atoms with Gasteiger partial charge in [0.2, 0.25) is 0 Å². The van der Waals surface area contributed by atoms with E-state index in [1.807, 2.05) is 0 Å². The summed E-state index contributed by atoms with van der Waals surface area (Å²) in [5.74, 6) is -1.30. The average molecular weight is 261 g/mol. The third-order valence-corrected chi connectivity index (χ3v) is 2.05. The molecule has 0 N–H and O–H groups in total. The van der Waals surface area contributed by atoms with E-state index in [0.29, 0.717) is 6.20 Å². The molecule has 0 unspecified atom stereocenters. The molecular formula is C9H6F3N3O3. The van der Waals surface area contributed by atoms with Crippen LogP contribution in [0, 0.1) is 28.4 Å². The van der Waals surface area contributed by atoms with E-state index in [4.69, 9.17) is 5.26 Å². The third kappa shape index (κ3) is 3.07. The molecule has 0 saturated heterocycles. The second kappa shape index (κ2) is 4.87. The summed E-state index contributed by atoms with van der Waals surface area (Å²) in [4.78, 5) is 13.0. The largest absolute Gasteiger partial charge is 0.573 e. The third-order valence-electron chi connectivity index (χ3n) is 2.05. The van der Waals surface area contributed by atoms with Crippen molar-refractivity contribution in [3.63, 3.8) is 0 Å². The molecule has 0 fully saturated rings. The first-order valence-electron chi connectivity index (χ1n) is 4.52. The number of alkyl halides is 3. The average Bonchev–Trinajstić information content (AvgIpc) is 2.22. The van der Waals surface area contributed by atoms with Crippen LogP contribution in [0.5, 0.6) is 5.75 Å². The Labute approximate surface area is 98.8 Å². The SMILES string of the molecule is Cc1c(OC(F)(F)F)cnc([N+](=O)[O-])c1CC#N. The highest BCUT2D eigenvalue weighted by atomic mass is 19.4. The molecule has 0 bridgehead atoms. The van der Waals surface area contributed by atoms with Gasteiger partial charge in [-0.15, -0.1) is 13.2 Å². The monoisotopic (exact) mass is 261 g/mol. The van der Waals surface area contributed by atoms with Gasteiger partial charge < -0.3 is 14.9 Å². The van der Waals surface area contributed by atoms with Crippen LogP contribution >= 0.6 is 0 Å². The lowest BCUT2D eigenvalue weighted by atomic mass is 10.1. The molecule has 0 saturated carbocycles. The van der Waals surface area contributed by atoms with Crippen molar-refractivity contribution in [3.05, 3.63) is 27.4 Å². The summed E-state index contributed by atoms with van der Waals surface area (Å²) >= 11 is 0. The van der Waals surface area contributed by atoms with Gasteiger partial charge >= 0.3 is 12.2 Å². The van der Waals surface area contributed by atoms with E-state index in [-0.39, 0.29) is 11.1 Å². The second-order valence-electron chi connectivity index (χ2n) is 3.19. The van der Waals surface area contributed by atoms with Crippen LogP contribution in [0.2, 0.25) is 0 Å². The number of halogens is 3. The fourth-order valence-electron chi connectivity index (χ4n) is 1.29. The molecule has 0 aliphatic rings. The maximum Gasteiger partial charge on any atom is 0.573 e. The molecule has 0 aliphatic carbocycles. The molecule has 0 spiro atoms. The lowest BCUT2D eigenvalue weighted by Gasteiger charge is -2.11. The van der Waals surface area contributed by atoms with Gasteiger partial charge in [0.05, 0.1) is 18.1 Å². The highest BCUT2D eigenvalue weighted by Gasteiger charge is 2.34. The zero-order chi connectivity index (χ0) is 13.9. The van der Waals surface area contributed by atoms with E-state index in [2.05, 4.69) is 9.72 Å². The number of aromatic nitrogens is 1. The van der Waals surface area contributed by atoms with Crippen molar-refractivity contribution in [1.82, 2.24) is 4.98 Å². The van der Waals surface area contributed by atoms with Crippen LogP contribution in [0.3, 0.4) is 0 Å². The highest BCUT2D eigenvalue weighted by Crippen LogP contribution is 2.31. The normalized spacial score (nSPS) is 10.8. The number of nitrogens with zero attached hydrogens (tertiary/aromatic N) is 3. The highest BCUT2D eigenvalue weighted by molar-refractivity contribution is 5.47. The van der Waals surface area contributed by atoms with E-state index in [9.17, 15) is 23.3 Å². The van der Waals surface area contributed by atoms with Crippen molar-refractivity contribution < 1.29 is 22.8 Å². The Morgan fingerprint density at radius 3 is 2.67 bits per heavy atom. The molecule has 0 amide bonds. The van der Waals surface area contributed by atoms with Crippen LogP contribution in [0.4, 0.5) is 19.0 Å². The van der Waals surface area contributed by atoms with Gasteiger partial charge in [-0.05, 0) is 16.8 Å². The molecule has 9 heteroatoms. The van der Waals surface area contributed by atoms with Gasteiger partial charge in [-0.3, -0.25) is 0 Å². The van der Waals surface area contributed by atoms with Gasteiger partial charge in [0, 0.05) is 5.56 Å². The molecule has 1 aromatic heterocycles. The number of rotatable bonds is 3. The Hall–Kier alpha value is -2.37. The zero-order valence-corrected chi connectivity index (χ0v) is 8.98. The van der Waals surface area contributed by atoms with Crippen LogP contribution in [-0.2, 0) is 6.42 Å². The van der Waals surface area contributed by atoms with Crippen molar-refractivity contribution in [1.29, 1.82) is 5.26 Å². The lowest BCUT2D eigenvalue weighted by molar-refractivity contribution is -0.390. The minimum atomic E-state index is -4.92. The summed E-state index contributed by atoms with van der Waals surface area (Å²) in [5.41, 5.74) is -0.320. The van der Waals surface area contributed by atoms with E-state index in [1.54, 1.807) is 6.07 Å². The topological polar surface area (TPSA) is 89.1 Å². The first-order valence-corrected chi connectivity index (χ1v) is 4.52. The van der Waals surface area contributed by atoms with Crippen LogP contribution in [0.1, 0.15) is 11.1 Å². The zero-order valence-electron chi connectivity index (χ0n) is 8.98. The molecule has 0 atom stereocenters. The standard InChI is InChI=1S/C9H6F3N3O3/c1-5-6(2-3-13)8(15(16)17)14-4-7(5)18-9(10,11)12/h4H,2H2,1H3. The molecule has 1 rings (SSSR count). The van der Waals surface area contributed by atoms with Gasteiger partial charge in [-0.1, -0.05) is 0 Å². The second-order valence-corrected chi connectivity index (χ2v) is 3.19. The van der Waals surface area contributed by atoms with Gasteiger partial charge in [-0.2, -0.15) is 5.26 Å². The summed E-state index contributed by atoms with van der Waals surface area (Å²) in [7, 11) is 0. The maximum atomic E-state index is 12.0. The molecular weight excluding hydrogens is 255 g/mol. The molecule has 96 valence electrons. The molecule has 1 aromatic rings. The number of nitro groups is 1. The fraction of sp³-hybridized carbons (Fsp3) is 0.333.